The number of carboxylic acid groups (broad SMARTS) is 1. The minimum Gasteiger partial charge on any atom is -0.480 e. The summed E-state index contributed by atoms with van der Waals surface area (Å²) in [5, 5.41) is 11.7. The summed E-state index contributed by atoms with van der Waals surface area (Å²) in [5.41, 5.74) is 8.29. The lowest BCUT2D eigenvalue weighted by Crippen LogP contribution is -2.47. The van der Waals surface area contributed by atoms with Gasteiger partial charge in [-0.1, -0.05) is 25.7 Å². The summed E-state index contributed by atoms with van der Waals surface area (Å²) in [7, 11) is 0. The number of carboxylic acids is 1. The number of hydrogen-bond acceptors (Lipinski definition) is 4. The first-order chi connectivity index (χ1) is 11.8. The van der Waals surface area contributed by atoms with Crippen molar-refractivity contribution in [2.24, 2.45) is 5.92 Å². The van der Waals surface area contributed by atoms with E-state index in [1.807, 2.05) is 13.8 Å². The quantitative estimate of drug-likeness (QED) is 0.331. The second-order valence-corrected chi connectivity index (χ2v) is 6.71. The first kappa shape index (κ1) is 21.0. The molecule has 2 unspecified atom stereocenters. The fourth-order valence-corrected chi connectivity index (χ4v) is 3.04. The van der Waals surface area contributed by atoms with Gasteiger partial charge in [-0.05, 0) is 32.6 Å². The van der Waals surface area contributed by atoms with Crippen molar-refractivity contribution in [2.45, 2.75) is 77.0 Å². The second-order valence-electron chi connectivity index (χ2n) is 6.71. The Morgan fingerprint density at radius 3 is 2.48 bits per heavy atom. The van der Waals surface area contributed by atoms with Gasteiger partial charge in [0, 0.05) is 6.42 Å². The summed E-state index contributed by atoms with van der Waals surface area (Å²) >= 11 is 0. The van der Waals surface area contributed by atoms with Gasteiger partial charge < -0.3 is 20.7 Å². The first-order valence-electron chi connectivity index (χ1n) is 8.72. The largest absolute Gasteiger partial charge is 0.480 e. The molecule has 2 atom stereocenters. The average Bonchev–Trinajstić information content (AvgIpc) is 3.03. The Labute approximate surface area is 147 Å². The van der Waals surface area contributed by atoms with Gasteiger partial charge in [0.2, 0.25) is 11.7 Å². The van der Waals surface area contributed by atoms with Crippen molar-refractivity contribution in [3.8, 4) is 0 Å². The molecule has 0 aromatic heterocycles. The van der Waals surface area contributed by atoms with E-state index >= 15 is 0 Å². The number of hydrogen-bond donors (Lipinski definition) is 2. The highest BCUT2D eigenvalue weighted by atomic mass is 16.5. The van der Waals surface area contributed by atoms with E-state index in [1.54, 1.807) is 0 Å². The van der Waals surface area contributed by atoms with E-state index in [4.69, 9.17) is 10.3 Å². The van der Waals surface area contributed by atoms with Crippen molar-refractivity contribution in [1.82, 2.24) is 5.32 Å². The van der Waals surface area contributed by atoms with Crippen LogP contribution >= 0.6 is 0 Å². The third kappa shape index (κ3) is 8.05. The number of carbonyl (C=O) groups excluding carboxylic acids is 2. The number of carbonyl (C=O) groups is 3. The Balaban J connectivity index is 2.66. The molecule has 1 aliphatic carbocycles. The summed E-state index contributed by atoms with van der Waals surface area (Å²) < 4.78 is 5.69. The maximum absolute atomic E-state index is 12.5. The van der Waals surface area contributed by atoms with Crippen molar-refractivity contribution < 1.29 is 29.0 Å². The van der Waals surface area contributed by atoms with Gasteiger partial charge in [0.25, 0.3) is 0 Å². The number of amides is 1. The van der Waals surface area contributed by atoms with E-state index in [0.717, 1.165) is 25.7 Å². The number of nitrogens with zero attached hydrogens (tertiary/aromatic N) is 2. The topological polar surface area (TPSA) is 129 Å². The number of rotatable bonds is 11. The fourth-order valence-electron chi connectivity index (χ4n) is 3.04. The molecule has 8 heteroatoms. The minimum atomic E-state index is -1.22. The molecule has 1 amide bonds. The number of ketones is 1. The summed E-state index contributed by atoms with van der Waals surface area (Å²) in [5.74, 6) is -1.77. The predicted molar refractivity (Wildman–Crippen MR) is 90.1 cm³/mol. The highest BCUT2D eigenvalue weighted by molar-refractivity contribution is 6.25. The number of aliphatic carboxylic acids is 1. The van der Waals surface area contributed by atoms with Crippen LogP contribution in [0.5, 0.6) is 0 Å². The number of nitrogens with one attached hydrogen (secondary N) is 1. The van der Waals surface area contributed by atoms with E-state index < -0.39 is 29.8 Å². The monoisotopic (exact) mass is 353 g/mol. The van der Waals surface area contributed by atoms with Crippen molar-refractivity contribution >= 4 is 23.9 Å². The lowest BCUT2D eigenvalue weighted by atomic mass is 9.99. The molecule has 140 valence electrons. The Morgan fingerprint density at radius 2 is 1.96 bits per heavy atom. The van der Waals surface area contributed by atoms with Crippen LogP contribution in [0.3, 0.4) is 0 Å². The highest BCUT2D eigenvalue weighted by Gasteiger charge is 2.30. The van der Waals surface area contributed by atoms with Gasteiger partial charge in [-0.3, -0.25) is 9.59 Å². The molecule has 25 heavy (non-hydrogen) atoms. The summed E-state index contributed by atoms with van der Waals surface area (Å²) in [6, 6.07) is -1.19. The van der Waals surface area contributed by atoms with Crippen LogP contribution < -0.4 is 5.32 Å². The molecule has 0 saturated heterocycles. The van der Waals surface area contributed by atoms with Gasteiger partial charge in [-0.25, -0.2) is 4.79 Å². The Hall–Kier alpha value is -2.05. The molecule has 1 fully saturated rings. The molecule has 2 N–H and O–H groups in total. The van der Waals surface area contributed by atoms with Crippen LogP contribution in [0, 0.1) is 5.92 Å². The van der Waals surface area contributed by atoms with Gasteiger partial charge in [-0.15, -0.1) is 0 Å². The van der Waals surface area contributed by atoms with Crippen molar-refractivity contribution in [1.29, 1.82) is 0 Å². The zero-order valence-corrected chi connectivity index (χ0v) is 14.8. The molecular weight excluding hydrogens is 326 g/mol. The molecule has 1 saturated carbocycles. The Kier molecular flexibility index (Phi) is 9.02. The number of ether oxygens (including phenoxy) is 1. The third-order valence-electron chi connectivity index (χ3n) is 4.25. The van der Waals surface area contributed by atoms with Crippen LogP contribution in [0.1, 0.15) is 58.8 Å². The van der Waals surface area contributed by atoms with Crippen LogP contribution in [0.15, 0.2) is 0 Å². The normalized spacial score (nSPS) is 16.9. The van der Waals surface area contributed by atoms with Gasteiger partial charge in [-0.2, -0.15) is 4.79 Å². The molecule has 0 radical (unpaired) electrons. The molecule has 0 aromatic carbocycles. The smallest absolute Gasteiger partial charge is 0.326 e. The van der Waals surface area contributed by atoms with Gasteiger partial charge in [0.15, 0.2) is 0 Å². The fraction of sp³-hybridized carbons (Fsp3) is 0.765. The molecule has 1 rings (SSSR count). The highest BCUT2D eigenvalue weighted by Crippen LogP contribution is 2.29. The van der Waals surface area contributed by atoms with Crippen LogP contribution in [-0.2, 0) is 19.1 Å². The van der Waals surface area contributed by atoms with Crippen LogP contribution in [0.2, 0.25) is 0 Å². The Morgan fingerprint density at radius 1 is 1.32 bits per heavy atom. The van der Waals surface area contributed by atoms with Crippen LogP contribution in [-0.4, -0.2) is 52.0 Å². The summed E-state index contributed by atoms with van der Waals surface area (Å²) in [6.45, 7) is 3.66. The summed E-state index contributed by atoms with van der Waals surface area (Å²) in [6.07, 6.45) is 4.63. The molecular formula is C17H27N3O5. The van der Waals surface area contributed by atoms with Crippen molar-refractivity contribution in [2.75, 3.05) is 0 Å². The van der Waals surface area contributed by atoms with E-state index in [-0.39, 0.29) is 18.9 Å². The standard InChI is InChI=1S/C17H27N3O5/c1-11(2)25-15(9-12-5-3-4-6-12)16(22)20-14(17(23)24)8-7-13(21)10-19-18/h10-12,14-15H,3-9H2,1-2H3,(H,20,22)(H,23,24). The number of Topliss-reactive ketones (excluding diaryl/α,β-unsaturated/α-hetero) is 1. The first-order valence-corrected chi connectivity index (χ1v) is 8.72. The third-order valence-corrected chi connectivity index (χ3v) is 4.25. The average molecular weight is 353 g/mol. The van der Waals surface area contributed by atoms with E-state index in [0.29, 0.717) is 18.6 Å². The van der Waals surface area contributed by atoms with Gasteiger partial charge in [0.05, 0.1) is 6.10 Å². The van der Waals surface area contributed by atoms with Crippen LogP contribution in [0.4, 0.5) is 0 Å². The molecule has 0 bridgehead atoms. The van der Waals surface area contributed by atoms with Crippen molar-refractivity contribution in [3.63, 3.8) is 0 Å². The van der Waals surface area contributed by atoms with E-state index in [9.17, 15) is 19.5 Å². The maximum atomic E-state index is 12.5. The predicted octanol–water partition coefficient (Wildman–Crippen LogP) is 1.58. The molecule has 0 heterocycles. The van der Waals surface area contributed by atoms with Gasteiger partial charge in [0.1, 0.15) is 12.1 Å². The van der Waals surface area contributed by atoms with Crippen molar-refractivity contribution in [3.05, 3.63) is 5.53 Å². The zero-order valence-electron chi connectivity index (χ0n) is 14.8. The molecule has 0 aromatic rings. The SMILES string of the molecule is CC(C)OC(CC1CCCC1)C(=O)NC(CCC(=O)C=[N+]=[N-])C(=O)O. The second kappa shape index (κ2) is 10.7. The molecule has 8 nitrogen and oxygen atoms in total. The lowest BCUT2D eigenvalue weighted by molar-refractivity contribution is -0.146. The molecule has 0 spiro atoms. The van der Waals surface area contributed by atoms with E-state index in [2.05, 4.69) is 10.1 Å². The zero-order chi connectivity index (χ0) is 18.8. The van der Waals surface area contributed by atoms with Crippen LogP contribution in [0.25, 0.3) is 5.53 Å². The Bertz CT molecular complexity index is 522. The maximum Gasteiger partial charge on any atom is 0.326 e. The van der Waals surface area contributed by atoms with E-state index in [1.165, 1.54) is 0 Å². The molecule has 0 aliphatic heterocycles. The van der Waals surface area contributed by atoms with Gasteiger partial charge >= 0.3 is 12.2 Å². The molecule has 1 aliphatic rings. The minimum absolute atomic E-state index is 0.0796. The lowest BCUT2D eigenvalue weighted by Gasteiger charge is -2.24. The summed E-state index contributed by atoms with van der Waals surface area (Å²) in [4.78, 5) is 37.8.